The number of nitrogens with zero attached hydrogens (tertiary/aromatic N) is 4. The molecule has 0 radical (unpaired) electrons. The highest BCUT2D eigenvalue weighted by molar-refractivity contribution is 5.27. The van der Waals surface area contributed by atoms with Gasteiger partial charge in [0, 0.05) is 51.0 Å². The van der Waals surface area contributed by atoms with Crippen LogP contribution >= 0.6 is 0 Å². The fourth-order valence-electron chi connectivity index (χ4n) is 4.94. The van der Waals surface area contributed by atoms with Crippen LogP contribution < -0.4 is 5.32 Å². The summed E-state index contributed by atoms with van der Waals surface area (Å²) in [5.74, 6) is 0. The van der Waals surface area contributed by atoms with Crippen LogP contribution in [0.4, 0.5) is 0 Å². The fraction of sp³-hybridized carbons (Fsp3) is 0.300. The highest BCUT2D eigenvalue weighted by Gasteiger charge is 2.26. The molecule has 1 N–H and O–H groups in total. The van der Waals surface area contributed by atoms with E-state index in [0.717, 1.165) is 44.7 Å². The summed E-state index contributed by atoms with van der Waals surface area (Å²) in [6.07, 6.45) is 12.3. The predicted molar refractivity (Wildman–Crippen MR) is 139 cm³/mol. The summed E-state index contributed by atoms with van der Waals surface area (Å²) in [6, 6.07) is 23.9. The van der Waals surface area contributed by atoms with Crippen LogP contribution in [-0.2, 0) is 32.6 Å². The number of fused-ring (bicyclic) bond motifs is 1. The molecule has 1 aromatic carbocycles. The lowest BCUT2D eigenvalue weighted by Gasteiger charge is -2.32. The van der Waals surface area contributed by atoms with Crippen molar-refractivity contribution in [3.05, 3.63) is 125 Å². The SMILES string of the molecule is c1ccc(CNCc2ccc(CN(Cc3cccnc3)C3CCCCc4cccnc43)cc2)nc1. The summed E-state index contributed by atoms with van der Waals surface area (Å²) >= 11 is 0. The number of hydrogen-bond acceptors (Lipinski definition) is 5. The molecular formula is C30H33N5. The van der Waals surface area contributed by atoms with E-state index in [1.165, 1.54) is 40.8 Å². The quantitative estimate of drug-likeness (QED) is 0.326. The van der Waals surface area contributed by atoms with Gasteiger partial charge in [0.15, 0.2) is 0 Å². The molecule has 0 spiro atoms. The van der Waals surface area contributed by atoms with E-state index >= 15 is 0 Å². The van der Waals surface area contributed by atoms with E-state index in [1.807, 2.05) is 49.1 Å². The first-order valence-corrected chi connectivity index (χ1v) is 12.6. The molecule has 0 saturated heterocycles. The van der Waals surface area contributed by atoms with Gasteiger partial charge >= 0.3 is 0 Å². The summed E-state index contributed by atoms with van der Waals surface area (Å²) in [7, 11) is 0. The second-order valence-corrected chi connectivity index (χ2v) is 9.32. The fourth-order valence-corrected chi connectivity index (χ4v) is 4.94. The zero-order valence-corrected chi connectivity index (χ0v) is 20.2. The first-order valence-electron chi connectivity index (χ1n) is 12.6. The van der Waals surface area contributed by atoms with E-state index in [-0.39, 0.29) is 0 Å². The van der Waals surface area contributed by atoms with Crippen LogP contribution in [0.3, 0.4) is 0 Å². The third kappa shape index (κ3) is 6.38. The van der Waals surface area contributed by atoms with Gasteiger partial charge in [-0.2, -0.15) is 0 Å². The standard InChI is InChI=1S/C30H33N5/c1-2-11-29(30-27(8-1)9-6-18-34-30)35(23-26-7-5-16-31-20-26)22-25-14-12-24(13-15-25)19-32-21-28-10-3-4-17-33-28/h3-7,9-10,12-18,20,29,32H,1-2,8,11,19,21-23H2. The molecule has 0 aliphatic heterocycles. The van der Waals surface area contributed by atoms with E-state index < -0.39 is 0 Å². The molecule has 5 rings (SSSR count). The van der Waals surface area contributed by atoms with Crippen molar-refractivity contribution in [3.63, 3.8) is 0 Å². The summed E-state index contributed by atoms with van der Waals surface area (Å²) in [6.45, 7) is 3.35. The van der Waals surface area contributed by atoms with Crippen molar-refractivity contribution < 1.29 is 0 Å². The van der Waals surface area contributed by atoms with Gasteiger partial charge in [0.05, 0.1) is 17.4 Å². The number of benzene rings is 1. The predicted octanol–water partition coefficient (Wildman–Crippen LogP) is 5.63. The van der Waals surface area contributed by atoms with E-state index in [2.05, 4.69) is 62.6 Å². The van der Waals surface area contributed by atoms with Gasteiger partial charge < -0.3 is 5.32 Å². The van der Waals surface area contributed by atoms with Crippen LogP contribution in [0, 0.1) is 0 Å². The maximum Gasteiger partial charge on any atom is 0.0607 e. The molecule has 0 amide bonds. The Bertz CT molecular complexity index is 1180. The molecule has 0 bridgehead atoms. The Hall–Kier alpha value is -3.41. The average molecular weight is 464 g/mol. The lowest BCUT2D eigenvalue weighted by Crippen LogP contribution is -2.29. The highest BCUT2D eigenvalue weighted by Crippen LogP contribution is 2.33. The number of nitrogens with one attached hydrogen (secondary N) is 1. The molecule has 5 heteroatoms. The molecule has 35 heavy (non-hydrogen) atoms. The second-order valence-electron chi connectivity index (χ2n) is 9.32. The number of hydrogen-bond donors (Lipinski definition) is 1. The van der Waals surface area contributed by atoms with Gasteiger partial charge in [0.25, 0.3) is 0 Å². The Balaban J connectivity index is 1.30. The highest BCUT2D eigenvalue weighted by atomic mass is 15.2. The zero-order valence-electron chi connectivity index (χ0n) is 20.2. The number of pyridine rings is 3. The first-order chi connectivity index (χ1) is 17.3. The van der Waals surface area contributed by atoms with E-state index in [9.17, 15) is 0 Å². The Morgan fingerprint density at radius 1 is 0.743 bits per heavy atom. The average Bonchev–Trinajstić information content (AvgIpc) is 3.13. The molecular weight excluding hydrogens is 430 g/mol. The van der Waals surface area contributed by atoms with Crippen molar-refractivity contribution in [2.75, 3.05) is 0 Å². The van der Waals surface area contributed by atoms with Gasteiger partial charge in [0.1, 0.15) is 0 Å². The molecule has 3 heterocycles. The molecule has 178 valence electrons. The lowest BCUT2D eigenvalue weighted by atomic mass is 10.0. The largest absolute Gasteiger partial charge is 0.307 e. The molecule has 4 aromatic rings. The van der Waals surface area contributed by atoms with Crippen molar-refractivity contribution in [1.82, 2.24) is 25.2 Å². The zero-order chi connectivity index (χ0) is 23.7. The molecule has 1 aliphatic carbocycles. The van der Waals surface area contributed by atoms with Gasteiger partial charge in [-0.15, -0.1) is 0 Å². The van der Waals surface area contributed by atoms with Crippen molar-refractivity contribution >= 4 is 0 Å². The summed E-state index contributed by atoms with van der Waals surface area (Å²) < 4.78 is 0. The van der Waals surface area contributed by atoms with Crippen LogP contribution in [-0.4, -0.2) is 19.9 Å². The summed E-state index contributed by atoms with van der Waals surface area (Å²) in [5.41, 5.74) is 7.57. The molecule has 5 nitrogen and oxygen atoms in total. The molecule has 0 saturated carbocycles. The number of aryl methyl sites for hydroxylation is 1. The van der Waals surface area contributed by atoms with Crippen LogP contribution in [0.5, 0.6) is 0 Å². The Morgan fingerprint density at radius 3 is 2.40 bits per heavy atom. The lowest BCUT2D eigenvalue weighted by molar-refractivity contribution is 0.165. The minimum atomic E-state index is 0.314. The first kappa shape index (κ1) is 23.3. The maximum atomic E-state index is 4.87. The Morgan fingerprint density at radius 2 is 1.57 bits per heavy atom. The third-order valence-corrected chi connectivity index (χ3v) is 6.73. The Labute approximate surface area is 208 Å². The Kier molecular flexibility index (Phi) is 7.89. The van der Waals surface area contributed by atoms with Gasteiger partial charge in [-0.3, -0.25) is 19.9 Å². The van der Waals surface area contributed by atoms with Crippen molar-refractivity contribution in [2.24, 2.45) is 0 Å². The van der Waals surface area contributed by atoms with Gasteiger partial charge in [0.2, 0.25) is 0 Å². The summed E-state index contributed by atoms with van der Waals surface area (Å²) in [5, 5.41) is 3.49. The van der Waals surface area contributed by atoms with Crippen molar-refractivity contribution in [1.29, 1.82) is 0 Å². The molecule has 1 unspecified atom stereocenters. The minimum Gasteiger partial charge on any atom is -0.307 e. The van der Waals surface area contributed by atoms with Crippen LogP contribution in [0.1, 0.15) is 58.9 Å². The topological polar surface area (TPSA) is 53.9 Å². The van der Waals surface area contributed by atoms with Crippen LogP contribution in [0.2, 0.25) is 0 Å². The van der Waals surface area contributed by atoms with E-state index in [0.29, 0.717) is 6.04 Å². The van der Waals surface area contributed by atoms with Crippen molar-refractivity contribution in [3.8, 4) is 0 Å². The maximum absolute atomic E-state index is 4.87. The van der Waals surface area contributed by atoms with Crippen LogP contribution in [0.25, 0.3) is 0 Å². The monoisotopic (exact) mass is 463 g/mol. The smallest absolute Gasteiger partial charge is 0.0607 e. The van der Waals surface area contributed by atoms with Gasteiger partial charge in [-0.05, 0) is 65.8 Å². The molecule has 1 atom stereocenters. The second kappa shape index (κ2) is 11.8. The van der Waals surface area contributed by atoms with E-state index in [4.69, 9.17) is 4.98 Å². The van der Waals surface area contributed by atoms with Crippen molar-refractivity contribution in [2.45, 2.75) is 57.9 Å². The van der Waals surface area contributed by atoms with Gasteiger partial charge in [-0.25, -0.2) is 0 Å². The number of aromatic nitrogens is 3. The normalized spacial score (nSPS) is 15.5. The molecule has 3 aromatic heterocycles. The molecule has 0 fully saturated rings. The van der Waals surface area contributed by atoms with E-state index in [1.54, 1.807) is 0 Å². The summed E-state index contributed by atoms with van der Waals surface area (Å²) in [4.78, 5) is 16.2. The van der Waals surface area contributed by atoms with Crippen LogP contribution in [0.15, 0.2) is 91.5 Å². The van der Waals surface area contributed by atoms with Gasteiger partial charge in [-0.1, -0.05) is 48.9 Å². The number of rotatable bonds is 9. The third-order valence-electron chi connectivity index (χ3n) is 6.73. The molecule has 1 aliphatic rings. The minimum absolute atomic E-state index is 0.314.